The first-order valence-electron chi connectivity index (χ1n) is 11.1. The summed E-state index contributed by atoms with van der Waals surface area (Å²) < 4.78 is 0. The molecule has 0 aromatic carbocycles. The summed E-state index contributed by atoms with van der Waals surface area (Å²) in [6.07, 6.45) is 3.32. The fraction of sp³-hybridized carbons (Fsp3) is 0.900. The lowest BCUT2D eigenvalue weighted by atomic mass is 10.0. The van der Waals surface area contributed by atoms with Crippen molar-refractivity contribution in [2.75, 3.05) is 78.5 Å². The van der Waals surface area contributed by atoms with Gasteiger partial charge in [-0.25, -0.2) is 0 Å². The lowest BCUT2D eigenvalue weighted by Gasteiger charge is -2.27. The average molecular weight is 395 g/mol. The Morgan fingerprint density at radius 3 is 2.00 bits per heavy atom. The molecule has 0 aromatic heterocycles. The Hall–Kier alpha value is -1.22. The van der Waals surface area contributed by atoms with E-state index in [1.807, 2.05) is 0 Å². The third kappa shape index (κ3) is 7.31. The Labute approximate surface area is 169 Å². The van der Waals surface area contributed by atoms with Gasteiger partial charge in [0.2, 0.25) is 11.8 Å². The van der Waals surface area contributed by atoms with Crippen LogP contribution in [0.5, 0.6) is 0 Å². The highest BCUT2D eigenvalue weighted by atomic mass is 16.2. The van der Waals surface area contributed by atoms with Crippen molar-refractivity contribution in [1.82, 2.24) is 31.1 Å². The molecule has 3 fully saturated rings. The molecule has 2 amide bonds. The van der Waals surface area contributed by atoms with Crippen LogP contribution >= 0.6 is 0 Å². The van der Waals surface area contributed by atoms with Gasteiger partial charge in [0.05, 0.1) is 0 Å². The highest BCUT2D eigenvalue weighted by molar-refractivity contribution is 5.79. The number of rotatable bonds is 9. The van der Waals surface area contributed by atoms with Gasteiger partial charge in [-0.15, -0.1) is 0 Å². The summed E-state index contributed by atoms with van der Waals surface area (Å²) in [5, 5.41) is 12.8. The van der Waals surface area contributed by atoms with Crippen LogP contribution in [0.25, 0.3) is 0 Å². The van der Waals surface area contributed by atoms with E-state index >= 15 is 0 Å². The average Bonchev–Trinajstić information content (AvgIpc) is 3.18. The summed E-state index contributed by atoms with van der Waals surface area (Å²) in [6.45, 7) is 11.7. The summed E-state index contributed by atoms with van der Waals surface area (Å²) in [7, 11) is 0. The van der Waals surface area contributed by atoms with Crippen LogP contribution in [0.3, 0.4) is 0 Å². The van der Waals surface area contributed by atoms with Crippen LogP contribution in [-0.4, -0.2) is 100 Å². The Balaban J connectivity index is 1.24. The molecule has 3 rings (SSSR count). The molecule has 0 aromatic rings. The minimum Gasteiger partial charge on any atom is -0.355 e. The zero-order valence-electron chi connectivity index (χ0n) is 17.2. The fourth-order valence-electron chi connectivity index (χ4n) is 4.54. The van der Waals surface area contributed by atoms with Gasteiger partial charge in [0, 0.05) is 90.9 Å². The van der Waals surface area contributed by atoms with Crippen LogP contribution in [0.4, 0.5) is 0 Å². The standard InChI is InChI=1S/C20H38N6O2/c27-19(23-7-13-25-9-3-21-4-10-25)16-17-1-2-18(15-17)20(28)24-8-14-26-11-5-22-6-12-26/h17-18,21-22H,1-16H2,(H,23,27)(H,24,28). The molecule has 2 atom stereocenters. The van der Waals surface area contributed by atoms with Crippen molar-refractivity contribution in [3.8, 4) is 0 Å². The van der Waals surface area contributed by atoms with Crippen molar-refractivity contribution in [2.45, 2.75) is 25.7 Å². The van der Waals surface area contributed by atoms with E-state index in [2.05, 4.69) is 31.1 Å². The summed E-state index contributed by atoms with van der Waals surface area (Å²) in [4.78, 5) is 29.4. The maximum Gasteiger partial charge on any atom is 0.223 e. The molecule has 160 valence electrons. The van der Waals surface area contributed by atoms with Gasteiger partial charge in [0.25, 0.3) is 0 Å². The fourth-order valence-corrected chi connectivity index (χ4v) is 4.54. The predicted molar refractivity (Wildman–Crippen MR) is 110 cm³/mol. The van der Waals surface area contributed by atoms with Gasteiger partial charge in [-0.2, -0.15) is 0 Å². The van der Waals surface area contributed by atoms with E-state index in [1.54, 1.807) is 0 Å². The van der Waals surface area contributed by atoms with Crippen LogP contribution < -0.4 is 21.3 Å². The van der Waals surface area contributed by atoms with Crippen molar-refractivity contribution >= 4 is 11.8 Å². The second-order valence-electron chi connectivity index (χ2n) is 8.40. The van der Waals surface area contributed by atoms with Crippen LogP contribution in [-0.2, 0) is 9.59 Å². The van der Waals surface area contributed by atoms with Gasteiger partial charge in [-0.3, -0.25) is 19.4 Å². The third-order valence-corrected chi connectivity index (χ3v) is 6.28. The van der Waals surface area contributed by atoms with Gasteiger partial charge in [0.1, 0.15) is 0 Å². The molecule has 8 heteroatoms. The number of nitrogens with one attached hydrogen (secondary N) is 4. The van der Waals surface area contributed by atoms with Gasteiger partial charge in [-0.05, 0) is 25.2 Å². The van der Waals surface area contributed by atoms with Crippen LogP contribution in [0, 0.1) is 11.8 Å². The van der Waals surface area contributed by atoms with Crippen molar-refractivity contribution in [2.24, 2.45) is 11.8 Å². The van der Waals surface area contributed by atoms with E-state index < -0.39 is 0 Å². The second kappa shape index (κ2) is 11.7. The number of nitrogens with zero attached hydrogens (tertiary/aromatic N) is 2. The molecule has 28 heavy (non-hydrogen) atoms. The van der Waals surface area contributed by atoms with E-state index in [4.69, 9.17) is 0 Å². The largest absolute Gasteiger partial charge is 0.355 e. The Kier molecular flexibility index (Phi) is 8.98. The molecule has 2 aliphatic heterocycles. The van der Waals surface area contributed by atoms with E-state index in [-0.39, 0.29) is 17.7 Å². The molecular weight excluding hydrogens is 356 g/mol. The molecule has 2 unspecified atom stereocenters. The Morgan fingerprint density at radius 2 is 1.39 bits per heavy atom. The Morgan fingerprint density at radius 1 is 0.821 bits per heavy atom. The first-order chi connectivity index (χ1) is 13.7. The zero-order valence-corrected chi connectivity index (χ0v) is 17.2. The summed E-state index contributed by atoms with van der Waals surface area (Å²) in [5.41, 5.74) is 0. The summed E-state index contributed by atoms with van der Waals surface area (Å²) >= 11 is 0. The van der Waals surface area contributed by atoms with Crippen LogP contribution in [0.15, 0.2) is 0 Å². The number of amides is 2. The molecular formula is C20H38N6O2. The van der Waals surface area contributed by atoms with Crippen molar-refractivity contribution in [3.05, 3.63) is 0 Å². The number of carbonyl (C=O) groups excluding carboxylic acids is 2. The Bertz CT molecular complexity index is 491. The van der Waals surface area contributed by atoms with E-state index in [0.717, 1.165) is 97.8 Å². The minimum atomic E-state index is 0.0849. The molecule has 2 saturated heterocycles. The normalized spacial score (nSPS) is 26.9. The second-order valence-corrected chi connectivity index (χ2v) is 8.40. The van der Waals surface area contributed by atoms with Crippen LogP contribution in [0.2, 0.25) is 0 Å². The number of piperazine rings is 2. The van der Waals surface area contributed by atoms with Gasteiger partial charge in [-0.1, -0.05) is 0 Å². The molecule has 1 saturated carbocycles. The highest BCUT2D eigenvalue weighted by Gasteiger charge is 2.31. The van der Waals surface area contributed by atoms with Gasteiger partial charge < -0.3 is 21.3 Å². The molecule has 2 heterocycles. The molecule has 0 bridgehead atoms. The lowest BCUT2D eigenvalue weighted by Crippen LogP contribution is -2.46. The van der Waals surface area contributed by atoms with Crippen molar-refractivity contribution < 1.29 is 9.59 Å². The molecule has 0 spiro atoms. The monoisotopic (exact) mass is 394 g/mol. The molecule has 3 aliphatic rings. The first kappa shape index (κ1) is 21.5. The molecule has 1 aliphatic carbocycles. The van der Waals surface area contributed by atoms with Crippen LogP contribution in [0.1, 0.15) is 25.7 Å². The minimum absolute atomic E-state index is 0.0849. The summed E-state index contributed by atoms with van der Waals surface area (Å²) in [5.74, 6) is 0.751. The lowest BCUT2D eigenvalue weighted by molar-refractivity contribution is -0.125. The maximum absolute atomic E-state index is 12.4. The van der Waals surface area contributed by atoms with E-state index in [1.165, 1.54) is 0 Å². The van der Waals surface area contributed by atoms with E-state index in [9.17, 15) is 9.59 Å². The maximum atomic E-state index is 12.4. The third-order valence-electron chi connectivity index (χ3n) is 6.28. The zero-order chi connectivity index (χ0) is 19.6. The first-order valence-corrected chi connectivity index (χ1v) is 11.1. The number of hydrogen-bond donors (Lipinski definition) is 4. The molecule has 0 radical (unpaired) electrons. The van der Waals surface area contributed by atoms with Crippen molar-refractivity contribution in [1.29, 1.82) is 0 Å². The number of hydrogen-bond acceptors (Lipinski definition) is 6. The van der Waals surface area contributed by atoms with Gasteiger partial charge in [0.15, 0.2) is 0 Å². The SMILES string of the molecule is O=C(CC1CCC(C(=O)NCCN2CCNCC2)C1)NCCN1CCNCC1. The molecule has 8 nitrogen and oxygen atoms in total. The predicted octanol–water partition coefficient (Wildman–Crippen LogP) is -1.16. The number of carbonyl (C=O) groups is 2. The van der Waals surface area contributed by atoms with E-state index in [0.29, 0.717) is 12.3 Å². The quantitative estimate of drug-likeness (QED) is 0.394. The smallest absolute Gasteiger partial charge is 0.223 e. The van der Waals surface area contributed by atoms with Gasteiger partial charge >= 0.3 is 0 Å². The highest BCUT2D eigenvalue weighted by Crippen LogP contribution is 2.33. The summed E-state index contributed by atoms with van der Waals surface area (Å²) in [6, 6.07) is 0. The topological polar surface area (TPSA) is 88.7 Å². The molecule has 4 N–H and O–H groups in total. The van der Waals surface area contributed by atoms with Crippen molar-refractivity contribution in [3.63, 3.8) is 0 Å².